The van der Waals surface area contributed by atoms with Gasteiger partial charge in [0.1, 0.15) is 0 Å². The summed E-state index contributed by atoms with van der Waals surface area (Å²) in [4.78, 5) is 34.0. The van der Waals surface area contributed by atoms with E-state index in [2.05, 4.69) is 4.98 Å². The molecule has 4 heterocycles. The van der Waals surface area contributed by atoms with Crippen LogP contribution in [0.5, 0.6) is 0 Å². The first-order chi connectivity index (χ1) is 12.6. The number of aromatic nitrogens is 1. The van der Waals surface area contributed by atoms with Gasteiger partial charge in [-0.3, -0.25) is 14.6 Å². The molecule has 0 bridgehead atoms. The van der Waals surface area contributed by atoms with Crippen molar-refractivity contribution in [3.05, 3.63) is 53.7 Å². The minimum Gasteiger partial charge on any atom is -0.459 e. The number of carbonyl (C=O) groups excluding carboxylic acids is 2. The van der Waals surface area contributed by atoms with Crippen molar-refractivity contribution in [1.29, 1.82) is 0 Å². The number of carbonyl (C=O) groups is 2. The number of piperidine rings is 1. The summed E-state index contributed by atoms with van der Waals surface area (Å²) >= 11 is 0. The van der Waals surface area contributed by atoms with Crippen molar-refractivity contribution in [3.8, 4) is 0 Å². The largest absolute Gasteiger partial charge is 0.459 e. The van der Waals surface area contributed by atoms with E-state index in [-0.39, 0.29) is 11.8 Å². The number of nitrogens with zero attached hydrogens (tertiary/aromatic N) is 3. The molecule has 0 unspecified atom stereocenters. The van der Waals surface area contributed by atoms with Crippen LogP contribution in [0.2, 0.25) is 0 Å². The zero-order chi connectivity index (χ0) is 18.1. The number of hydrogen-bond donors (Lipinski definition) is 0. The molecule has 4 rings (SSSR count). The van der Waals surface area contributed by atoms with Crippen molar-refractivity contribution in [3.63, 3.8) is 0 Å². The van der Waals surface area contributed by atoms with Gasteiger partial charge < -0.3 is 14.2 Å². The third kappa shape index (κ3) is 3.00. The fraction of sp³-hybridized carbons (Fsp3) is 0.450. The second kappa shape index (κ2) is 6.59. The molecule has 2 fully saturated rings. The minimum atomic E-state index is -0.454. The summed E-state index contributed by atoms with van der Waals surface area (Å²) in [6.07, 6.45) is 3.98. The molecule has 2 amide bonds. The van der Waals surface area contributed by atoms with Crippen molar-refractivity contribution in [1.82, 2.24) is 14.8 Å². The summed E-state index contributed by atoms with van der Waals surface area (Å²) in [7, 11) is 0. The molecule has 136 valence electrons. The quantitative estimate of drug-likeness (QED) is 0.851. The molecule has 2 aliphatic rings. The van der Waals surface area contributed by atoms with Gasteiger partial charge in [0, 0.05) is 25.3 Å². The average molecular weight is 353 g/mol. The van der Waals surface area contributed by atoms with Gasteiger partial charge in [-0.05, 0) is 50.5 Å². The highest BCUT2D eigenvalue weighted by molar-refractivity contribution is 5.93. The van der Waals surface area contributed by atoms with Crippen LogP contribution >= 0.6 is 0 Å². The van der Waals surface area contributed by atoms with Gasteiger partial charge in [0.15, 0.2) is 5.76 Å². The van der Waals surface area contributed by atoms with Gasteiger partial charge in [-0.15, -0.1) is 0 Å². The lowest BCUT2D eigenvalue weighted by atomic mass is 9.78. The van der Waals surface area contributed by atoms with E-state index in [0.717, 1.165) is 37.2 Å². The first-order valence-corrected chi connectivity index (χ1v) is 9.12. The molecule has 0 N–H and O–H groups in total. The molecular formula is C20H23N3O3. The number of likely N-dealkylation sites (tertiary alicyclic amines) is 2. The summed E-state index contributed by atoms with van der Waals surface area (Å²) in [5.41, 5.74) is 1.41. The normalized spacial score (nSPS) is 23.0. The van der Waals surface area contributed by atoms with Gasteiger partial charge in [-0.1, -0.05) is 6.07 Å². The van der Waals surface area contributed by atoms with Crippen LogP contribution < -0.4 is 0 Å². The highest BCUT2D eigenvalue weighted by Crippen LogP contribution is 2.41. The van der Waals surface area contributed by atoms with Crippen LogP contribution in [0.25, 0.3) is 0 Å². The number of aryl methyl sites for hydroxylation is 1. The van der Waals surface area contributed by atoms with E-state index in [4.69, 9.17) is 4.42 Å². The Morgan fingerprint density at radius 2 is 2.12 bits per heavy atom. The fourth-order valence-electron chi connectivity index (χ4n) is 4.17. The zero-order valence-electron chi connectivity index (χ0n) is 15.0. The Hall–Kier alpha value is -2.63. The van der Waals surface area contributed by atoms with E-state index in [1.807, 2.05) is 30.0 Å². The maximum Gasteiger partial charge on any atom is 0.289 e. The molecule has 6 nitrogen and oxygen atoms in total. The van der Waals surface area contributed by atoms with Crippen LogP contribution in [-0.4, -0.2) is 46.2 Å². The van der Waals surface area contributed by atoms with Gasteiger partial charge in [0.25, 0.3) is 5.91 Å². The van der Waals surface area contributed by atoms with Crippen molar-refractivity contribution in [2.24, 2.45) is 5.41 Å². The molecule has 2 aliphatic heterocycles. The highest BCUT2D eigenvalue weighted by Gasteiger charge is 2.49. The molecule has 1 atom stereocenters. The second-order valence-corrected chi connectivity index (χ2v) is 7.33. The Balaban J connectivity index is 1.48. The first-order valence-electron chi connectivity index (χ1n) is 9.12. The Morgan fingerprint density at radius 1 is 1.23 bits per heavy atom. The topological polar surface area (TPSA) is 66.7 Å². The summed E-state index contributed by atoms with van der Waals surface area (Å²) in [6, 6.07) is 9.27. The van der Waals surface area contributed by atoms with Crippen molar-refractivity contribution in [2.45, 2.75) is 32.7 Å². The number of hydrogen-bond acceptors (Lipinski definition) is 4. The van der Waals surface area contributed by atoms with Crippen LogP contribution in [0.4, 0.5) is 0 Å². The molecular weight excluding hydrogens is 330 g/mol. The number of amides is 2. The molecule has 2 aromatic heterocycles. The van der Waals surface area contributed by atoms with E-state index in [9.17, 15) is 9.59 Å². The van der Waals surface area contributed by atoms with E-state index in [1.165, 1.54) is 6.26 Å². The molecule has 1 spiro atoms. The van der Waals surface area contributed by atoms with E-state index in [1.54, 1.807) is 17.0 Å². The van der Waals surface area contributed by atoms with Gasteiger partial charge in [-0.25, -0.2) is 0 Å². The van der Waals surface area contributed by atoms with Crippen LogP contribution in [0.15, 0.2) is 41.0 Å². The van der Waals surface area contributed by atoms with Gasteiger partial charge in [0.05, 0.1) is 23.9 Å². The average Bonchev–Trinajstić information content (AvgIpc) is 3.27. The monoisotopic (exact) mass is 353 g/mol. The van der Waals surface area contributed by atoms with Crippen LogP contribution in [0.1, 0.15) is 41.2 Å². The molecule has 0 aliphatic carbocycles. The Bertz CT molecular complexity index is 817. The predicted molar refractivity (Wildman–Crippen MR) is 95.3 cm³/mol. The summed E-state index contributed by atoms with van der Waals surface area (Å²) in [6.45, 7) is 4.36. The molecule has 6 heteroatoms. The van der Waals surface area contributed by atoms with Gasteiger partial charge >= 0.3 is 0 Å². The Morgan fingerprint density at radius 3 is 2.88 bits per heavy atom. The third-order valence-electron chi connectivity index (χ3n) is 5.50. The van der Waals surface area contributed by atoms with Crippen molar-refractivity contribution in [2.75, 3.05) is 19.6 Å². The van der Waals surface area contributed by atoms with E-state index < -0.39 is 5.41 Å². The number of rotatable bonds is 3. The second-order valence-electron chi connectivity index (χ2n) is 7.33. The lowest BCUT2D eigenvalue weighted by Crippen LogP contribution is -2.49. The van der Waals surface area contributed by atoms with Gasteiger partial charge in [0.2, 0.25) is 5.91 Å². The molecule has 0 aromatic carbocycles. The van der Waals surface area contributed by atoms with Crippen LogP contribution in [-0.2, 0) is 11.3 Å². The maximum absolute atomic E-state index is 13.2. The number of pyridine rings is 1. The first kappa shape index (κ1) is 16.8. The summed E-state index contributed by atoms with van der Waals surface area (Å²) in [5.74, 6) is 0.367. The van der Waals surface area contributed by atoms with E-state index in [0.29, 0.717) is 25.4 Å². The minimum absolute atomic E-state index is 0.124. The fourth-order valence-corrected chi connectivity index (χ4v) is 4.17. The standard InChI is InChI=1S/C20H23N3O3/c1-15-5-2-6-16(21-15)13-22-11-9-20(19(22)25)8-4-10-23(14-20)18(24)17-7-3-12-26-17/h2-3,5-7,12H,4,8-11,13-14H2,1H3/t20-/m0/s1. The summed E-state index contributed by atoms with van der Waals surface area (Å²) in [5, 5.41) is 0. The zero-order valence-corrected chi connectivity index (χ0v) is 15.0. The lowest BCUT2D eigenvalue weighted by Gasteiger charge is -2.38. The SMILES string of the molecule is Cc1cccc(CN2CC[C@]3(CCCN(C(=O)c4ccco4)C3)C2=O)n1. The Kier molecular flexibility index (Phi) is 4.26. The smallest absolute Gasteiger partial charge is 0.289 e. The third-order valence-corrected chi connectivity index (χ3v) is 5.50. The van der Waals surface area contributed by atoms with Crippen LogP contribution in [0.3, 0.4) is 0 Å². The Labute approximate surface area is 152 Å². The van der Waals surface area contributed by atoms with Crippen molar-refractivity contribution < 1.29 is 14.0 Å². The lowest BCUT2D eigenvalue weighted by molar-refractivity contribution is -0.138. The van der Waals surface area contributed by atoms with Gasteiger partial charge in [-0.2, -0.15) is 0 Å². The van der Waals surface area contributed by atoms with E-state index >= 15 is 0 Å². The molecule has 2 aromatic rings. The van der Waals surface area contributed by atoms with Crippen LogP contribution in [0, 0.1) is 12.3 Å². The summed E-state index contributed by atoms with van der Waals surface area (Å²) < 4.78 is 5.24. The molecule has 0 radical (unpaired) electrons. The van der Waals surface area contributed by atoms with Crippen molar-refractivity contribution >= 4 is 11.8 Å². The predicted octanol–water partition coefficient (Wildman–Crippen LogP) is 2.64. The molecule has 2 saturated heterocycles. The molecule has 26 heavy (non-hydrogen) atoms. The highest BCUT2D eigenvalue weighted by atomic mass is 16.3. The maximum atomic E-state index is 13.2. The molecule has 0 saturated carbocycles. The number of furan rings is 1.